The van der Waals surface area contributed by atoms with Gasteiger partial charge in [-0.05, 0) is 37.3 Å². The molecule has 0 saturated heterocycles. The molecule has 0 aliphatic carbocycles. The maximum Gasteiger partial charge on any atom is 0.338 e. The maximum absolute atomic E-state index is 13.5. The number of hydrogen-bond acceptors (Lipinski definition) is 4. The topological polar surface area (TPSA) is 111 Å². The van der Waals surface area contributed by atoms with E-state index in [1.165, 1.54) is 31.2 Å². The average molecular weight is 363 g/mol. The zero-order valence-corrected chi connectivity index (χ0v) is 13.6. The lowest BCUT2D eigenvalue weighted by molar-refractivity contribution is -0.123. The molecule has 0 bridgehead atoms. The standard InChI is InChI=1S/C17H15F2N3O4/c1-9(15(23)22-14-12(18)6-3-7-13(14)19)26-16(24)10-4-2-5-11(8-10)21-17(20)25/h2-9H,1H3,(H,22,23)(H3,20,21,25)/t9-/m0/s1. The summed E-state index contributed by atoms with van der Waals surface area (Å²) >= 11 is 0. The van der Waals surface area contributed by atoms with Crippen molar-refractivity contribution in [1.82, 2.24) is 0 Å². The Hall–Kier alpha value is -3.49. The van der Waals surface area contributed by atoms with Gasteiger partial charge in [0, 0.05) is 5.69 Å². The number of nitrogens with one attached hydrogen (secondary N) is 2. The first kappa shape index (κ1) is 18.8. The number of benzene rings is 2. The summed E-state index contributed by atoms with van der Waals surface area (Å²) in [7, 11) is 0. The molecule has 9 heteroatoms. The molecular weight excluding hydrogens is 348 g/mol. The van der Waals surface area contributed by atoms with Gasteiger partial charge in [-0.2, -0.15) is 0 Å². The number of nitrogens with two attached hydrogens (primary N) is 1. The fourth-order valence-corrected chi connectivity index (χ4v) is 1.99. The Morgan fingerprint density at radius 2 is 1.65 bits per heavy atom. The Kier molecular flexibility index (Phi) is 5.84. The number of hydrogen-bond donors (Lipinski definition) is 3. The molecule has 0 aliphatic rings. The van der Waals surface area contributed by atoms with E-state index in [0.717, 1.165) is 18.2 Å². The third-order valence-corrected chi connectivity index (χ3v) is 3.23. The van der Waals surface area contributed by atoms with Crippen molar-refractivity contribution in [2.24, 2.45) is 5.73 Å². The molecule has 2 rings (SSSR count). The zero-order chi connectivity index (χ0) is 19.3. The molecule has 4 N–H and O–H groups in total. The van der Waals surface area contributed by atoms with Crippen LogP contribution in [0.2, 0.25) is 0 Å². The van der Waals surface area contributed by atoms with E-state index in [1.807, 2.05) is 5.32 Å². The summed E-state index contributed by atoms with van der Waals surface area (Å²) in [5.74, 6) is -3.69. The van der Waals surface area contributed by atoms with Crippen molar-refractivity contribution in [3.8, 4) is 0 Å². The van der Waals surface area contributed by atoms with Crippen LogP contribution in [0.5, 0.6) is 0 Å². The molecule has 0 unspecified atom stereocenters. The molecule has 0 radical (unpaired) electrons. The fraction of sp³-hybridized carbons (Fsp3) is 0.118. The Bertz CT molecular complexity index is 837. The van der Waals surface area contributed by atoms with Crippen LogP contribution in [0.4, 0.5) is 25.0 Å². The van der Waals surface area contributed by atoms with Gasteiger partial charge in [0.1, 0.15) is 17.3 Å². The number of halogens is 2. The van der Waals surface area contributed by atoms with Crippen LogP contribution in [0.25, 0.3) is 0 Å². The molecule has 0 saturated carbocycles. The van der Waals surface area contributed by atoms with Gasteiger partial charge in [-0.25, -0.2) is 18.4 Å². The number of rotatable bonds is 5. The number of carbonyl (C=O) groups is 3. The summed E-state index contributed by atoms with van der Waals surface area (Å²) in [6, 6.07) is 7.97. The van der Waals surface area contributed by atoms with Crippen LogP contribution in [0, 0.1) is 11.6 Å². The average Bonchev–Trinajstić information content (AvgIpc) is 2.57. The Balaban J connectivity index is 2.04. The van der Waals surface area contributed by atoms with Crippen molar-refractivity contribution in [3.63, 3.8) is 0 Å². The summed E-state index contributed by atoms with van der Waals surface area (Å²) in [6.07, 6.45) is -1.32. The largest absolute Gasteiger partial charge is 0.449 e. The molecule has 3 amide bonds. The Labute approximate surface area is 147 Å². The number of primary amides is 1. The van der Waals surface area contributed by atoms with E-state index < -0.39 is 41.3 Å². The van der Waals surface area contributed by atoms with Crippen LogP contribution in [0.1, 0.15) is 17.3 Å². The predicted octanol–water partition coefficient (Wildman–Crippen LogP) is 2.64. The highest BCUT2D eigenvalue weighted by molar-refractivity contribution is 5.98. The lowest BCUT2D eigenvalue weighted by atomic mass is 10.2. The number of esters is 1. The third kappa shape index (κ3) is 4.76. The number of carbonyl (C=O) groups excluding carboxylic acids is 3. The van der Waals surface area contributed by atoms with Crippen molar-refractivity contribution in [2.75, 3.05) is 10.6 Å². The SMILES string of the molecule is C[C@H](OC(=O)c1cccc(NC(N)=O)c1)C(=O)Nc1c(F)cccc1F. The second-order valence-corrected chi connectivity index (χ2v) is 5.20. The third-order valence-electron chi connectivity index (χ3n) is 3.23. The molecule has 0 heterocycles. The van der Waals surface area contributed by atoms with Crippen molar-refractivity contribution in [1.29, 1.82) is 0 Å². The van der Waals surface area contributed by atoms with Gasteiger partial charge in [0.25, 0.3) is 5.91 Å². The highest BCUT2D eigenvalue weighted by atomic mass is 19.1. The molecule has 2 aromatic rings. The molecule has 0 aromatic heterocycles. The minimum absolute atomic E-state index is 0.0490. The predicted molar refractivity (Wildman–Crippen MR) is 89.5 cm³/mol. The first-order valence-electron chi connectivity index (χ1n) is 7.40. The Morgan fingerprint density at radius 3 is 2.27 bits per heavy atom. The lowest BCUT2D eigenvalue weighted by Gasteiger charge is -2.14. The highest BCUT2D eigenvalue weighted by Crippen LogP contribution is 2.19. The first-order chi connectivity index (χ1) is 12.3. The number of urea groups is 1. The maximum atomic E-state index is 13.5. The van der Waals surface area contributed by atoms with Crippen molar-refractivity contribution < 1.29 is 27.9 Å². The van der Waals surface area contributed by atoms with Gasteiger partial charge >= 0.3 is 12.0 Å². The molecule has 2 aromatic carbocycles. The monoisotopic (exact) mass is 363 g/mol. The van der Waals surface area contributed by atoms with Crippen LogP contribution >= 0.6 is 0 Å². The number of para-hydroxylation sites is 1. The summed E-state index contributed by atoms with van der Waals surface area (Å²) in [6.45, 7) is 1.25. The minimum atomic E-state index is -1.32. The van der Waals surface area contributed by atoms with Crippen LogP contribution < -0.4 is 16.4 Å². The smallest absolute Gasteiger partial charge is 0.338 e. The molecule has 7 nitrogen and oxygen atoms in total. The lowest BCUT2D eigenvalue weighted by Crippen LogP contribution is -2.30. The van der Waals surface area contributed by atoms with Gasteiger partial charge in [0.05, 0.1) is 5.56 Å². The van der Waals surface area contributed by atoms with E-state index in [1.54, 1.807) is 0 Å². The Morgan fingerprint density at radius 1 is 1.04 bits per heavy atom. The van der Waals surface area contributed by atoms with Gasteiger partial charge in [-0.3, -0.25) is 4.79 Å². The minimum Gasteiger partial charge on any atom is -0.449 e. The molecule has 1 atom stereocenters. The number of ether oxygens (including phenoxy) is 1. The summed E-state index contributed by atoms with van der Waals surface area (Å²) in [5, 5.41) is 4.32. The zero-order valence-electron chi connectivity index (χ0n) is 13.6. The van der Waals surface area contributed by atoms with Crippen LogP contribution in [0.15, 0.2) is 42.5 Å². The van der Waals surface area contributed by atoms with Gasteiger partial charge in [0.15, 0.2) is 6.10 Å². The summed E-state index contributed by atoms with van der Waals surface area (Å²) in [4.78, 5) is 34.9. The summed E-state index contributed by atoms with van der Waals surface area (Å²) < 4.78 is 32.1. The van der Waals surface area contributed by atoms with Gasteiger partial charge in [-0.15, -0.1) is 0 Å². The van der Waals surface area contributed by atoms with Crippen molar-refractivity contribution in [2.45, 2.75) is 13.0 Å². The molecule has 0 spiro atoms. The quantitative estimate of drug-likeness (QED) is 0.709. The molecule has 0 fully saturated rings. The highest BCUT2D eigenvalue weighted by Gasteiger charge is 2.21. The van der Waals surface area contributed by atoms with Crippen LogP contribution in [-0.4, -0.2) is 24.0 Å². The normalized spacial score (nSPS) is 11.3. The van der Waals surface area contributed by atoms with E-state index in [4.69, 9.17) is 10.5 Å². The van der Waals surface area contributed by atoms with Crippen molar-refractivity contribution >= 4 is 29.3 Å². The van der Waals surface area contributed by atoms with Crippen LogP contribution in [0.3, 0.4) is 0 Å². The van der Waals surface area contributed by atoms with E-state index >= 15 is 0 Å². The number of amides is 3. The van der Waals surface area contributed by atoms with Gasteiger partial charge in [-0.1, -0.05) is 12.1 Å². The van der Waals surface area contributed by atoms with E-state index in [0.29, 0.717) is 0 Å². The van der Waals surface area contributed by atoms with E-state index in [2.05, 4.69) is 5.32 Å². The van der Waals surface area contributed by atoms with Gasteiger partial charge < -0.3 is 21.1 Å². The van der Waals surface area contributed by atoms with Crippen LogP contribution in [-0.2, 0) is 9.53 Å². The number of anilines is 2. The second-order valence-electron chi connectivity index (χ2n) is 5.20. The fourth-order valence-electron chi connectivity index (χ4n) is 1.99. The molecular formula is C17H15F2N3O4. The van der Waals surface area contributed by atoms with Gasteiger partial charge in [0.2, 0.25) is 0 Å². The van der Waals surface area contributed by atoms with Crippen molar-refractivity contribution in [3.05, 3.63) is 59.7 Å². The summed E-state index contributed by atoms with van der Waals surface area (Å²) in [5.41, 5.74) is 4.67. The second kappa shape index (κ2) is 8.06. The molecule has 26 heavy (non-hydrogen) atoms. The van der Waals surface area contributed by atoms with E-state index in [9.17, 15) is 23.2 Å². The first-order valence-corrected chi connectivity index (χ1v) is 7.40. The molecule has 0 aliphatic heterocycles. The molecule has 136 valence electrons. The van der Waals surface area contributed by atoms with E-state index in [-0.39, 0.29) is 11.3 Å².